The zero-order valence-corrected chi connectivity index (χ0v) is 14.9. The number of benzene rings is 1. The van der Waals surface area contributed by atoms with E-state index in [1.165, 1.54) is 25.3 Å². The number of pyridine rings is 1. The summed E-state index contributed by atoms with van der Waals surface area (Å²) >= 11 is 0. The maximum atomic E-state index is 13.7. The number of hydrogen-bond acceptors (Lipinski definition) is 5. The maximum Gasteiger partial charge on any atom is 0.325 e. The molecule has 1 N–H and O–H groups in total. The normalized spacial score (nSPS) is 16.3. The quantitative estimate of drug-likeness (QED) is 0.885. The maximum absolute atomic E-state index is 13.7. The van der Waals surface area contributed by atoms with Gasteiger partial charge in [0.25, 0.3) is 0 Å². The van der Waals surface area contributed by atoms with Gasteiger partial charge in [-0.05, 0) is 36.8 Å². The number of hydrogen-bond donors (Lipinski definition) is 1. The first kappa shape index (κ1) is 18.1. The highest BCUT2D eigenvalue weighted by molar-refractivity contribution is 5.77. The lowest BCUT2D eigenvalue weighted by Crippen LogP contribution is -2.49. The number of aliphatic carboxylic acids is 1. The van der Waals surface area contributed by atoms with E-state index in [1.54, 1.807) is 6.20 Å². The van der Waals surface area contributed by atoms with Gasteiger partial charge < -0.3 is 14.7 Å². The predicted molar refractivity (Wildman–Crippen MR) is 96.1 cm³/mol. The average molecular weight is 359 g/mol. The number of piperazine rings is 1. The summed E-state index contributed by atoms with van der Waals surface area (Å²) in [7, 11) is 1.46. The van der Waals surface area contributed by atoms with Gasteiger partial charge in [-0.2, -0.15) is 0 Å². The third kappa shape index (κ3) is 3.62. The van der Waals surface area contributed by atoms with Crippen molar-refractivity contribution in [1.29, 1.82) is 0 Å². The third-order valence-corrected chi connectivity index (χ3v) is 4.73. The molecule has 26 heavy (non-hydrogen) atoms. The molecule has 7 heteroatoms. The Balaban J connectivity index is 1.81. The highest BCUT2D eigenvalue weighted by atomic mass is 19.1. The number of halogens is 1. The van der Waals surface area contributed by atoms with Crippen LogP contribution in [0.5, 0.6) is 5.75 Å². The smallest absolute Gasteiger partial charge is 0.325 e. The van der Waals surface area contributed by atoms with E-state index in [9.17, 15) is 14.3 Å². The molecule has 0 aliphatic carbocycles. The molecule has 138 valence electrons. The molecule has 2 aromatic rings. The molecule has 0 radical (unpaired) electrons. The molecule has 1 aliphatic heterocycles. The van der Waals surface area contributed by atoms with Gasteiger partial charge in [0.2, 0.25) is 0 Å². The summed E-state index contributed by atoms with van der Waals surface area (Å²) in [4.78, 5) is 20.1. The first-order chi connectivity index (χ1) is 12.5. The summed E-state index contributed by atoms with van der Waals surface area (Å²) in [5.41, 5.74) is 2.53. The number of carboxylic acids is 1. The Morgan fingerprint density at radius 1 is 1.27 bits per heavy atom. The number of aryl methyl sites for hydroxylation is 1. The van der Waals surface area contributed by atoms with Crippen molar-refractivity contribution in [3.05, 3.63) is 53.6 Å². The van der Waals surface area contributed by atoms with Crippen LogP contribution in [-0.4, -0.2) is 54.2 Å². The van der Waals surface area contributed by atoms with E-state index in [0.29, 0.717) is 37.5 Å². The Bertz CT molecular complexity index is 791. The second kappa shape index (κ2) is 7.70. The van der Waals surface area contributed by atoms with Gasteiger partial charge in [0.15, 0.2) is 0 Å². The highest BCUT2D eigenvalue weighted by Crippen LogP contribution is 2.32. The zero-order valence-electron chi connectivity index (χ0n) is 14.9. The monoisotopic (exact) mass is 359 g/mol. The van der Waals surface area contributed by atoms with E-state index in [1.807, 2.05) is 24.1 Å². The summed E-state index contributed by atoms with van der Waals surface area (Å²) < 4.78 is 19.0. The van der Waals surface area contributed by atoms with Crippen LogP contribution in [-0.2, 0) is 4.79 Å². The van der Waals surface area contributed by atoms with Gasteiger partial charge in [0.05, 0.1) is 7.11 Å². The topological polar surface area (TPSA) is 65.9 Å². The molecule has 0 spiro atoms. The fraction of sp³-hybridized carbons (Fsp3) is 0.368. The van der Waals surface area contributed by atoms with Crippen molar-refractivity contribution < 1.29 is 19.0 Å². The second-order valence-electron chi connectivity index (χ2n) is 6.31. The SMILES string of the molecule is COc1ccc(F)cc1C(C(=O)O)N1CCN(c2ccncc2C)CC1. The minimum atomic E-state index is -1.01. The number of ether oxygens (including phenoxy) is 1. The molecule has 1 saturated heterocycles. The number of rotatable bonds is 5. The largest absolute Gasteiger partial charge is 0.496 e. The molecular weight excluding hydrogens is 337 g/mol. The Morgan fingerprint density at radius 3 is 2.62 bits per heavy atom. The molecule has 1 aromatic carbocycles. The van der Waals surface area contributed by atoms with Crippen molar-refractivity contribution in [2.45, 2.75) is 13.0 Å². The van der Waals surface area contributed by atoms with Gasteiger partial charge in [-0.3, -0.25) is 14.7 Å². The van der Waals surface area contributed by atoms with Crippen molar-refractivity contribution >= 4 is 11.7 Å². The minimum Gasteiger partial charge on any atom is -0.496 e. The second-order valence-corrected chi connectivity index (χ2v) is 6.31. The summed E-state index contributed by atoms with van der Waals surface area (Å²) in [5, 5.41) is 9.78. The van der Waals surface area contributed by atoms with Crippen LogP contribution in [0.25, 0.3) is 0 Å². The van der Waals surface area contributed by atoms with E-state index in [0.717, 1.165) is 11.3 Å². The van der Waals surface area contributed by atoms with Crippen LogP contribution >= 0.6 is 0 Å². The molecule has 0 bridgehead atoms. The first-order valence-electron chi connectivity index (χ1n) is 8.47. The number of methoxy groups -OCH3 is 1. The molecule has 0 saturated carbocycles. The number of anilines is 1. The molecule has 1 atom stereocenters. The van der Waals surface area contributed by atoms with Crippen LogP contribution in [0.2, 0.25) is 0 Å². The summed E-state index contributed by atoms with van der Waals surface area (Å²) in [5.74, 6) is -1.10. The van der Waals surface area contributed by atoms with Gasteiger partial charge in [0, 0.05) is 49.8 Å². The zero-order chi connectivity index (χ0) is 18.7. The molecule has 1 aromatic heterocycles. The number of carboxylic acid groups (broad SMARTS) is 1. The fourth-order valence-electron chi connectivity index (χ4n) is 3.45. The summed E-state index contributed by atoms with van der Waals surface area (Å²) in [6.07, 6.45) is 3.58. The van der Waals surface area contributed by atoms with Crippen molar-refractivity contribution in [3.63, 3.8) is 0 Å². The summed E-state index contributed by atoms with van der Waals surface area (Å²) in [6.45, 7) is 4.49. The van der Waals surface area contributed by atoms with Crippen molar-refractivity contribution in [2.75, 3.05) is 38.2 Å². The Morgan fingerprint density at radius 2 is 2.00 bits per heavy atom. The van der Waals surface area contributed by atoms with E-state index >= 15 is 0 Å². The minimum absolute atomic E-state index is 0.341. The number of nitrogens with zero attached hydrogens (tertiary/aromatic N) is 3. The van der Waals surface area contributed by atoms with Crippen molar-refractivity contribution in [2.24, 2.45) is 0 Å². The Labute approximate surface area is 151 Å². The third-order valence-electron chi connectivity index (χ3n) is 4.73. The van der Waals surface area contributed by atoms with Crippen LogP contribution < -0.4 is 9.64 Å². The standard InChI is InChI=1S/C19H22FN3O3/c1-13-12-21-6-5-16(13)22-7-9-23(10-8-22)18(19(24)25)15-11-14(20)3-4-17(15)26-2/h3-6,11-12,18H,7-10H2,1-2H3,(H,24,25). The van der Waals surface area contributed by atoms with Gasteiger partial charge in [-0.25, -0.2) is 4.39 Å². The molecule has 1 unspecified atom stereocenters. The van der Waals surface area contributed by atoms with Gasteiger partial charge in [0.1, 0.15) is 17.6 Å². The predicted octanol–water partition coefficient (Wildman–Crippen LogP) is 2.49. The van der Waals surface area contributed by atoms with Crippen LogP contribution in [0.15, 0.2) is 36.7 Å². The number of aromatic nitrogens is 1. The molecule has 6 nitrogen and oxygen atoms in total. The highest BCUT2D eigenvalue weighted by Gasteiger charge is 2.33. The lowest BCUT2D eigenvalue weighted by molar-refractivity contribution is -0.143. The molecule has 0 amide bonds. The summed E-state index contributed by atoms with van der Waals surface area (Å²) in [6, 6.07) is 5.01. The van der Waals surface area contributed by atoms with Crippen LogP contribution in [0, 0.1) is 12.7 Å². The molecular formula is C19H22FN3O3. The Hall–Kier alpha value is -2.67. The lowest BCUT2D eigenvalue weighted by Gasteiger charge is -2.39. The molecule has 1 aliphatic rings. The average Bonchev–Trinajstić information content (AvgIpc) is 2.63. The van der Waals surface area contributed by atoms with Gasteiger partial charge >= 0.3 is 5.97 Å². The first-order valence-corrected chi connectivity index (χ1v) is 8.47. The van der Waals surface area contributed by atoms with E-state index in [2.05, 4.69) is 9.88 Å². The number of carbonyl (C=O) groups is 1. The van der Waals surface area contributed by atoms with E-state index < -0.39 is 17.8 Å². The van der Waals surface area contributed by atoms with Gasteiger partial charge in [-0.15, -0.1) is 0 Å². The van der Waals surface area contributed by atoms with Crippen LogP contribution in [0.1, 0.15) is 17.2 Å². The molecule has 3 rings (SSSR count). The Kier molecular flexibility index (Phi) is 5.37. The van der Waals surface area contributed by atoms with E-state index in [4.69, 9.17) is 4.74 Å². The van der Waals surface area contributed by atoms with Crippen LogP contribution in [0.3, 0.4) is 0 Å². The fourth-order valence-corrected chi connectivity index (χ4v) is 3.45. The van der Waals surface area contributed by atoms with E-state index in [-0.39, 0.29) is 0 Å². The van der Waals surface area contributed by atoms with Crippen LogP contribution in [0.4, 0.5) is 10.1 Å². The van der Waals surface area contributed by atoms with Gasteiger partial charge in [-0.1, -0.05) is 0 Å². The lowest BCUT2D eigenvalue weighted by atomic mass is 10.0. The molecule has 1 fully saturated rings. The van der Waals surface area contributed by atoms with Crippen molar-refractivity contribution in [1.82, 2.24) is 9.88 Å². The molecule has 2 heterocycles. The van der Waals surface area contributed by atoms with Crippen molar-refractivity contribution in [3.8, 4) is 5.75 Å².